The van der Waals surface area contributed by atoms with E-state index in [1.165, 1.54) is 10.0 Å². The first-order valence-corrected chi connectivity index (χ1v) is 7.80. The van der Waals surface area contributed by atoms with E-state index in [9.17, 15) is 9.59 Å². The van der Waals surface area contributed by atoms with E-state index in [0.29, 0.717) is 15.5 Å². The van der Waals surface area contributed by atoms with E-state index < -0.39 is 0 Å². The maximum atomic E-state index is 12.4. The highest BCUT2D eigenvalue weighted by Gasteiger charge is 2.15. The van der Waals surface area contributed by atoms with E-state index in [4.69, 9.17) is 11.6 Å². The standard InChI is InChI=1S/C17H12ClNO2S/c1-11-2-8-14(9-3-11)19-16(20)10-15(22-19)17(21)12-4-6-13(18)7-5-12/h2-10H,1H3. The van der Waals surface area contributed by atoms with Crippen molar-refractivity contribution in [1.82, 2.24) is 3.96 Å². The molecule has 1 heterocycles. The predicted octanol–water partition coefficient (Wildman–Crippen LogP) is 4.09. The minimum absolute atomic E-state index is 0.176. The van der Waals surface area contributed by atoms with Crippen LogP contribution in [0.25, 0.3) is 5.69 Å². The van der Waals surface area contributed by atoms with Crippen molar-refractivity contribution in [2.75, 3.05) is 0 Å². The molecule has 0 radical (unpaired) electrons. The van der Waals surface area contributed by atoms with E-state index in [1.54, 1.807) is 24.3 Å². The zero-order chi connectivity index (χ0) is 15.7. The Hall–Kier alpha value is -2.17. The molecule has 0 spiro atoms. The van der Waals surface area contributed by atoms with E-state index in [2.05, 4.69) is 0 Å². The van der Waals surface area contributed by atoms with E-state index in [0.717, 1.165) is 22.8 Å². The van der Waals surface area contributed by atoms with Crippen LogP contribution in [0, 0.1) is 6.92 Å². The monoisotopic (exact) mass is 329 g/mol. The predicted molar refractivity (Wildman–Crippen MR) is 89.5 cm³/mol. The molecule has 0 saturated heterocycles. The fourth-order valence-corrected chi connectivity index (χ4v) is 3.10. The summed E-state index contributed by atoms with van der Waals surface area (Å²) in [4.78, 5) is 24.9. The van der Waals surface area contributed by atoms with Gasteiger partial charge in [0.2, 0.25) is 5.78 Å². The van der Waals surface area contributed by atoms with Gasteiger partial charge in [-0.3, -0.25) is 9.59 Å². The van der Waals surface area contributed by atoms with Gasteiger partial charge in [-0.05, 0) is 54.9 Å². The van der Waals surface area contributed by atoms with Crippen molar-refractivity contribution < 1.29 is 4.79 Å². The van der Waals surface area contributed by atoms with Crippen LogP contribution in [0.1, 0.15) is 20.8 Å². The Labute approximate surface area is 136 Å². The zero-order valence-electron chi connectivity index (χ0n) is 11.7. The molecule has 0 aliphatic carbocycles. The lowest BCUT2D eigenvalue weighted by atomic mass is 10.1. The lowest BCUT2D eigenvalue weighted by molar-refractivity contribution is 0.104. The molecule has 5 heteroatoms. The average molecular weight is 330 g/mol. The second-order valence-electron chi connectivity index (χ2n) is 4.90. The number of halogens is 1. The van der Waals surface area contributed by atoms with Crippen LogP contribution in [0.5, 0.6) is 0 Å². The maximum Gasteiger partial charge on any atom is 0.266 e. The number of carbonyl (C=O) groups excluding carboxylic acids is 1. The molecule has 0 N–H and O–H groups in total. The molecule has 0 aliphatic rings. The van der Waals surface area contributed by atoms with Gasteiger partial charge in [0.1, 0.15) is 0 Å². The molecule has 2 aromatic carbocycles. The van der Waals surface area contributed by atoms with Gasteiger partial charge < -0.3 is 0 Å². The lowest BCUT2D eigenvalue weighted by Gasteiger charge is -2.01. The number of hydrogen-bond donors (Lipinski definition) is 0. The first kappa shape index (κ1) is 14.8. The van der Waals surface area contributed by atoms with Crippen molar-refractivity contribution in [3.05, 3.63) is 86.0 Å². The lowest BCUT2D eigenvalue weighted by Crippen LogP contribution is -2.09. The van der Waals surface area contributed by atoms with Crippen LogP contribution in [-0.4, -0.2) is 9.74 Å². The minimum Gasteiger partial charge on any atom is -0.288 e. The van der Waals surface area contributed by atoms with Gasteiger partial charge in [0, 0.05) is 16.7 Å². The highest BCUT2D eigenvalue weighted by Crippen LogP contribution is 2.18. The molecule has 0 unspecified atom stereocenters. The summed E-state index contributed by atoms with van der Waals surface area (Å²) in [6.07, 6.45) is 0. The van der Waals surface area contributed by atoms with Gasteiger partial charge in [-0.25, -0.2) is 3.96 Å². The fourth-order valence-electron chi connectivity index (χ4n) is 2.05. The van der Waals surface area contributed by atoms with Crippen molar-refractivity contribution in [2.45, 2.75) is 6.92 Å². The Morgan fingerprint density at radius 1 is 1.05 bits per heavy atom. The number of hydrogen-bond acceptors (Lipinski definition) is 3. The van der Waals surface area contributed by atoms with Crippen LogP contribution in [0.15, 0.2) is 59.4 Å². The molecule has 0 bridgehead atoms. The number of rotatable bonds is 3. The van der Waals surface area contributed by atoms with Crippen molar-refractivity contribution >= 4 is 28.9 Å². The molecule has 110 valence electrons. The first-order valence-electron chi connectivity index (χ1n) is 6.65. The summed E-state index contributed by atoms with van der Waals surface area (Å²) in [6.45, 7) is 1.98. The zero-order valence-corrected chi connectivity index (χ0v) is 13.3. The van der Waals surface area contributed by atoms with E-state index in [-0.39, 0.29) is 11.3 Å². The Morgan fingerprint density at radius 2 is 1.68 bits per heavy atom. The third kappa shape index (κ3) is 2.89. The number of aromatic nitrogens is 1. The number of aryl methyl sites for hydroxylation is 1. The second kappa shape index (κ2) is 5.91. The number of benzene rings is 2. The topological polar surface area (TPSA) is 39.1 Å². The Balaban J connectivity index is 1.98. The first-order chi connectivity index (χ1) is 10.5. The van der Waals surface area contributed by atoms with Crippen LogP contribution in [0.4, 0.5) is 0 Å². The summed E-state index contributed by atoms with van der Waals surface area (Å²) in [5.74, 6) is -0.176. The summed E-state index contributed by atoms with van der Waals surface area (Å²) >= 11 is 6.97. The molecule has 22 heavy (non-hydrogen) atoms. The Morgan fingerprint density at radius 3 is 2.32 bits per heavy atom. The largest absolute Gasteiger partial charge is 0.288 e. The molecular weight excluding hydrogens is 318 g/mol. The van der Waals surface area contributed by atoms with Crippen molar-refractivity contribution in [3.63, 3.8) is 0 Å². The van der Waals surface area contributed by atoms with Gasteiger partial charge in [0.25, 0.3) is 5.56 Å². The number of carbonyl (C=O) groups is 1. The van der Waals surface area contributed by atoms with Gasteiger partial charge in [-0.2, -0.15) is 0 Å². The second-order valence-corrected chi connectivity index (χ2v) is 6.33. The summed E-state index contributed by atoms with van der Waals surface area (Å²) in [5, 5.41) is 0.571. The molecule has 3 aromatic rings. The highest BCUT2D eigenvalue weighted by molar-refractivity contribution is 7.09. The minimum atomic E-state index is -0.203. The van der Waals surface area contributed by atoms with Crippen LogP contribution >= 0.6 is 23.1 Å². The van der Waals surface area contributed by atoms with Gasteiger partial charge in [0.15, 0.2) is 0 Å². The molecular formula is C17H12ClNO2S. The van der Waals surface area contributed by atoms with Gasteiger partial charge in [-0.15, -0.1) is 0 Å². The molecule has 0 atom stereocenters. The van der Waals surface area contributed by atoms with E-state index >= 15 is 0 Å². The quantitative estimate of drug-likeness (QED) is 0.679. The van der Waals surface area contributed by atoms with Gasteiger partial charge in [-0.1, -0.05) is 29.3 Å². The molecule has 3 nitrogen and oxygen atoms in total. The van der Waals surface area contributed by atoms with Gasteiger partial charge >= 0.3 is 0 Å². The van der Waals surface area contributed by atoms with Crippen LogP contribution in [0.2, 0.25) is 5.02 Å². The Bertz CT molecular complexity index is 876. The highest BCUT2D eigenvalue weighted by atomic mass is 35.5. The maximum absolute atomic E-state index is 12.4. The molecule has 0 amide bonds. The fraction of sp³-hybridized carbons (Fsp3) is 0.0588. The molecule has 1 aromatic heterocycles. The molecule has 0 aliphatic heterocycles. The average Bonchev–Trinajstić information content (AvgIpc) is 2.90. The molecule has 3 rings (SSSR count). The van der Waals surface area contributed by atoms with Crippen LogP contribution in [0.3, 0.4) is 0 Å². The molecule has 0 fully saturated rings. The summed E-state index contributed by atoms with van der Waals surface area (Å²) in [5.41, 5.74) is 2.19. The Kier molecular flexibility index (Phi) is 3.96. The summed E-state index contributed by atoms with van der Waals surface area (Å²) < 4.78 is 1.52. The summed E-state index contributed by atoms with van der Waals surface area (Å²) in [6, 6.07) is 15.6. The van der Waals surface area contributed by atoms with Crippen molar-refractivity contribution in [1.29, 1.82) is 0 Å². The van der Waals surface area contributed by atoms with Crippen LogP contribution < -0.4 is 5.56 Å². The number of ketones is 1. The number of nitrogens with zero attached hydrogens (tertiary/aromatic N) is 1. The van der Waals surface area contributed by atoms with Crippen molar-refractivity contribution in [3.8, 4) is 5.69 Å². The third-order valence-electron chi connectivity index (χ3n) is 3.24. The SMILES string of the molecule is Cc1ccc(-n2sc(C(=O)c3ccc(Cl)cc3)cc2=O)cc1. The molecule has 0 saturated carbocycles. The normalized spacial score (nSPS) is 10.6. The third-order valence-corrected chi connectivity index (χ3v) is 4.57. The van der Waals surface area contributed by atoms with E-state index in [1.807, 2.05) is 31.2 Å². The van der Waals surface area contributed by atoms with Crippen LogP contribution in [-0.2, 0) is 0 Å². The smallest absolute Gasteiger partial charge is 0.266 e. The van der Waals surface area contributed by atoms with Gasteiger partial charge in [0.05, 0.1) is 10.6 Å². The summed E-state index contributed by atoms with van der Waals surface area (Å²) in [7, 11) is 0. The van der Waals surface area contributed by atoms with Crippen molar-refractivity contribution in [2.24, 2.45) is 0 Å².